The van der Waals surface area contributed by atoms with Gasteiger partial charge in [0.15, 0.2) is 6.61 Å². The van der Waals surface area contributed by atoms with E-state index >= 15 is 0 Å². The van der Waals surface area contributed by atoms with E-state index in [0.29, 0.717) is 5.56 Å². The molecule has 0 saturated carbocycles. The molecule has 7 nitrogen and oxygen atoms in total. The molecule has 0 aromatic heterocycles. The lowest BCUT2D eigenvalue weighted by Crippen LogP contribution is -2.17. The van der Waals surface area contributed by atoms with Crippen molar-refractivity contribution in [1.29, 1.82) is 0 Å². The molecule has 0 aliphatic carbocycles. The Morgan fingerprint density at radius 3 is 2.38 bits per heavy atom. The van der Waals surface area contributed by atoms with Crippen LogP contribution in [0.25, 0.3) is 0 Å². The fourth-order valence-corrected chi connectivity index (χ4v) is 1.98. The van der Waals surface area contributed by atoms with Crippen LogP contribution in [0.2, 0.25) is 0 Å². The van der Waals surface area contributed by atoms with Crippen molar-refractivity contribution in [2.75, 3.05) is 19.8 Å². The summed E-state index contributed by atoms with van der Waals surface area (Å²) < 4.78 is 15.1. The Hall–Kier alpha value is -2.57. The molecule has 1 N–H and O–H groups in total. The number of esters is 2. The zero-order valence-electron chi connectivity index (χ0n) is 14.0. The second kappa shape index (κ2) is 9.54. The zero-order chi connectivity index (χ0) is 18.1. The first-order chi connectivity index (χ1) is 11.4. The van der Waals surface area contributed by atoms with Gasteiger partial charge in [-0.2, -0.15) is 0 Å². The van der Waals surface area contributed by atoms with Gasteiger partial charge in [0.05, 0.1) is 19.1 Å². The van der Waals surface area contributed by atoms with Crippen molar-refractivity contribution in [2.24, 2.45) is 5.92 Å². The highest BCUT2D eigenvalue weighted by Crippen LogP contribution is 2.23. The van der Waals surface area contributed by atoms with E-state index in [1.807, 2.05) is 0 Å². The van der Waals surface area contributed by atoms with Crippen LogP contribution in [0.1, 0.15) is 36.7 Å². The number of benzene rings is 1. The number of ether oxygens (including phenoxy) is 3. The minimum absolute atomic E-state index is 0.149. The van der Waals surface area contributed by atoms with Crippen molar-refractivity contribution in [3.05, 3.63) is 29.3 Å². The Morgan fingerprint density at radius 1 is 1.12 bits per heavy atom. The molecule has 132 valence electrons. The molecular formula is C17H22O7. The number of aliphatic carboxylic acids is 1. The van der Waals surface area contributed by atoms with Gasteiger partial charge in [0, 0.05) is 0 Å². The minimum atomic E-state index is -0.921. The second-order valence-electron chi connectivity index (χ2n) is 5.09. The molecule has 0 aliphatic rings. The van der Waals surface area contributed by atoms with Gasteiger partial charge in [0.1, 0.15) is 11.3 Å². The molecule has 0 unspecified atom stereocenters. The second-order valence-corrected chi connectivity index (χ2v) is 5.09. The van der Waals surface area contributed by atoms with Crippen LogP contribution >= 0.6 is 0 Å². The van der Waals surface area contributed by atoms with E-state index < -0.39 is 23.8 Å². The topological polar surface area (TPSA) is 99.1 Å². The lowest BCUT2D eigenvalue weighted by atomic mass is 9.99. The first-order valence-electron chi connectivity index (χ1n) is 7.70. The van der Waals surface area contributed by atoms with E-state index in [-0.39, 0.29) is 37.6 Å². The molecule has 1 atom stereocenters. The van der Waals surface area contributed by atoms with Gasteiger partial charge in [-0.3, -0.25) is 4.79 Å². The fraction of sp³-hybridized carbons (Fsp3) is 0.471. The number of carbonyl (C=O) groups excluding carboxylic acids is 2. The van der Waals surface area contributed by atoms with E-state index in [0.717, 1.165) is 0 Å². The van der Waals surface area contributed by atoms with Gasteiger partial charge in [-0.15, -0.1) is 0 Å². The smallest absolute Gasteiger partial charge is 0.344 e. The highest BCUT2D eigenvalue weighted by atomic mass is 16.6. The molecule has 1 rings (SSSR count). The van der Waals surface area contributed by atoms with Crippen LogP contribution in [0.4, 0.5) is 0 Å². The average Bonchev–Trinajstić information content (AvgIpc) is 2.53. The maximum absolute atomic E-state index is 12.1. The number of hydrogen-bond donors (Lipinski definition) is 1. The summed E-state index contributed by atoms with van der Waals surface area (Å²) in [4.78, 5) is 34.4. The monoisotopic (exact) mass is 338 g/mol. The van der Waals surface area contributed by atoms with Crippen LogP contribution in [-0.4, -0.2) is 42.8 Å². The molecule has 0 bridgehead atoms. The quantitative estimate of drug-likeness (QED) is 0.688. The van der Waals surface area contributed by atoms with Crippen LogP contribution in [0.15, 0.2) is 18.2 Å². The summed E-state index contributed by atoms with van der Waals surface area (Å²) in [5.41, 5.74) is 0.813. The van der Waals surface area contributed by atoms with Crippen molar-refractivity contribution < 1.29 is 33.7 Å². The summed E-state index contributed by atoms with van der Waals surface area (Å²) in [6.07, 6.45) is 0.264. The average molecular weight is 338 g/mol. The van der Waals surface area contributed by atoms with Crippen molar-refractivity contribution in [3.63, 3.8) is 0 Å². The predicted molar refractivity (Wildman–Crippen MR) is 85.0 cm³/mol. The van der Waals surface area contributed by atoms with Gasteiger partial charge >= 0.3 is 17.9 Å². The summed E-state index contributed by atoms with van der Waals surface area (Å²) in [5.74, 6) is -2.47. The molecule has 1 aromatic carbocycles. The van der Waals surface area contributed by atoms with E-state index in [4.69, 9.17) is 19.3 Å². The van der Waals surface area contributed by atoms with E-state index in [2.05, 4.69) is 0 Å². The lowest BCUT2D eigenvalue weighted by molar-refractivity contribution is -0.145. The molecule has 7 heteroatoms. The van der Waals surface area contributed by atoms with Gasteiger partial charge in [0.25, 0.3) is 0 Å². The molecule has 0 aliphatic heterocycles. The third-order valence-electron chi connectivity index (χ3n) is 3.15. The standard InChI is InChI=1S/C17H22O7/c1-4-22-15(18)10-24-14-7-6-12(8-11(3)16(19)20)9-13(14)17(21)23-5-2/h6-7,9,11H,4-5,8,10H2,1-3H3,(H,19,20)/t11-/m0/s1. The normalized spacial score (nSPS) is 11.5. The summed E-state index contributed by atoms with van der Waals surface area (Å²) in [7, 11) is 0. The van der Waals surface area contributed by atoms with Crippen LogP contribution in [0, 0.1) is 5.92 Å². The number of carboxylic acids is 1. The van der Waals surface area contributed by atoms with Crippen molar-refractivity contribution in [3.8, 4) is 5.75 Å². The lowest BCUT2D eigenvalue weighted by Gasteiger charge is -2.13. The Bertz CT molecular complexity index is 595. The Labute approximate surface area is 140 Å². The summed E-state index contributed by atoms with van der Waals surface area (Å²) in [6.45, 7) is 5.03. The number of carbonyl (C=O) groups is 3. The SMILES string of the molecule is CCOC(=O)COc1ccc(C[C@H](C)C(=O)O)cc1C(=O)OCC. The zero-order valence-corrected chi connectivity index (χ0v) is 14.0. The van der Waals surface area contributed by atoms with Gasteiger partial charge in [-0.05, 0) is 38.0 Å². The van der Waals surface area contributed by atoms with Gasteiger partial charge in [-0.1, -0.05) is 13.0 Å². The fourth-order valence-electron chi connectivity index (χ4n) is 1.98. The molecule has 1 aromatic rings. The molecule has 0 spiro atoms. The third-order valence-corrected chi connectivity index (χ3v) is 3.15. The van der Waals surface area contributed by atoms with Gasteiger partial charge in [0.2, 0.25) is 0 Å². The molecule has 0 radical (unpaired) electrons. The van der Waals surface area contributed by atoms with E-state index in [1.54, 1.807) is 26.8 Å². The van der Waals surface area contributed by atoms with Crippen molar-refractivity contribution in [1.82, 2.24) is 0 Å². The van der Waals surface area contributed by atoms with Crippen LogP contribution in [0.3, 0.4) is 0 Å². The largest absolute Gasteiger partial charge is 0.481 e. The van der Waals surface area contributed by atoms with E-state index in [1.165, 1.54) is 12.1 Å². The molecule has 0 amide bonds. The van der Waals surface area contributed by atoms with Crippen LogP contribution in [0.5, 0.6) is 5.75 Å². The number of rotatable bonds is 9. The minimum Gasteiger partial charge on any atom is -0.481 e. The van der Waals surface area contributed by atoms with Gasteiger partial charge in [-0.25, -0.2) is 9.59 Å². The molecule has 0 saturated heterocycles. The summed E-state index contributed by atoms with van der Waals surface area (Å²) in [6, 6.07) is 4.70. The highest BCUT2D eigenvalue weighted by Gasteiger charge is 2.18. The molecular weight excluding hydrogens is 316 g/mol. The van der Waals surface area contributed by atoms with E-state index in [9.17, 15) is 14.4 Å². The predicted octanol–water partition coefficient (Wildman–Crippen LogP) is 2.07. The maximum Gasteiger partial charge on any atom is 0.344 e. The Morgan fingerprint density at radius 2 is 1.79 bits per heavy atom. The summed E-state index contributed by atoms with van der Waals surface area (Å²) >= 11 is 0. The molecule has 0 heterocycles. The molecule has 24 heavy (non-hydrogen) atoms. The van der Waals surface area contributed by atoms with Crippen molar-refractivity contribution >= 4 is 17.9 Å². The summed E-state index contributed by atoms with van der Waals surface area (Å²) in [5, 5.41) is 8.99. The Balaban J connectivity index is 2.98. The van der Waals surface area contributed by atoms with Crippen LogP contribution < -0.4 is 4.74 Å². The number of carboxylic acid groups (broad SMARTS) is 1. The number of hydrogen-bond acceptors (Lipinski definition) is 6. The molecule has 0 fully saturated rings. The first-order valence-corrected chi connectivity index (χ1v) is 7.70. The maximum atomic E-state index is 12.1. The first kappa shape index (κ1) is 19.5. The van der Waals surface area contributed by atoms with Crippen LogP contribution in [-0.2, 0) is 25.5 Å². The third kappa shape index (κ3) is 5.91. The van der Waals surface area contributed by atoms with Crippen molar-refractivity contribution in [2.45, 2.75) is 27.2 Å². The highest BCUT2D eigenvalue weighted by molar-refractivity contribution is 5.93. The Kier molecular flexibility index (Phi) is 7.74. The van der Waals surface area contributed by atoms with Gasteiger partial charge < -0.3 is 19.3 Å².